The Morgan fingerprint density at radius 1 is 1.69 bits per heavy atom. The van der Waals surface area contributed by atoms with Gasteiger partial charge >= 0.3 is 0 Å². The summed E-state index contributed by atoms with van der Waals surface area (Å²) in [4.78, 5) is 13.8. The Balaban J connectivity index is 2.10. The Morgan fingerprint density at radius 3 is 2.85 bits per heavy atom. The number of amides is 1. The zero-order valence-corrected chi connectivity index (χ0v) is 7.91. The lowest BCUT2D eigenvalue weighted by Gasteiger charge is -2.35. The lowest BCUT2D eigenvalue weighted by Crippen LogP contribution is -2.53. The van der Waals surface area contributed by atoms with Crippen molar-refractivity contribution in [2.24, 2.45) is 0 Å². The maximum Gasteiger partial charge on any atom is 0.267 e. The number of carbonyl (C=O) groups is 1. The molecule has 1 saturated heterocycles. The summed E-state index contributed by atoms with van der Waals surface area (Å²) in [6, 6.07) is 0. The number of carbonyl (C=O) groups excluding carboxylic acids is 1. The van der Waals surface area contributed by atoms with Gasteiger partial charge in [0.05, 0.1) is 11.8 Å². The van der Waals surface area contributed by atoms with E-state index in [-0.39, 0.29) is 12.0 Å². The third kappa shape index (κ3) is 1.42. The molecule has 1 N–H and O–H groups in total. The van der Waals surface area contributed by atoms with E-state index in [4.69, 9.17) is 5.11 Å². The van der Waals surface area contributed by atoms with E-state index in [1.807, 2.05) is 0 Å². The summed E-state index contributed by atoms with van der Waals surface area (Å²) in [6.07, 6.45) is -0.356. The number of aromatic nitrogens is 2. The first-order valence-corrected chi connectivity index (χ1v) is 4.72. The van der Waals surface area contributed by atoms with Gasteiger partial charge in [-0.25, -0.2) is 0 Å². The second-order valence-corrected chi connectivity index (χ2v) is 3.81. The molecule has 0 aliphatic carbocycles. The number of hydrogen-bond acceptors (Lipinski definition) is 5. The minimum absolute atomic E-state index is 0.0715. The highest BCUT2D eigenvalue weighted by Crippen LogP contribution is 2.17. The van der Waals surface area contributed by atoms with Crippen molar-refractivity contribution in [3.63, 3.8) is 0 Å². The molecule has 70 valence electrons. The first kappa shape index (κ1) is 8.58. The number of aliphatic hydroxyl groups excluding tert-OH is 1. The number of β-amino-alcohol motifs (C(OH)–C–C–N with tert-alkyl or cyclic N) is 1. The van der Waals surface area contributed by atoms with E-state index in [1.165, 1.54) is 0 Å². The van der Waals surface area contributed by atoms with Crippen LogP contribution in [0.5, 0.6) is 0 Å². The summed E-state index contributed by atoms with van der Waals surface area (Å²) >= 11 is 1.10. The summed E-state index contributed by atoms with van der Waals surface area (Å²) in [5.41, 5.74) is 0.663. The first-order chi connectivity index (χ1) is 6.18. The van der Waals surface area contributed by atoms with E-state index in [0.29, 0.717) is 23.7 Å². The molecule has 13 heavy (non-hydrogen) atoms. The van der Waals surface area contributed by atoms with Gasteiger partial charge in [0.2, 0.25) is 0 Å². The van der Waals surface area contributed by atoms with Gasteiger partial charge in [0, 0.05) is 13.1 Å². The second-order valence-electron chi connectivity index (χ2n) is 3.05. The average Bonchev–Trinajstić information content (AvgIpc) is 2.44. The van der Waals surface area contributed by atoms with E-state index in [9.17, 15) is 4.79 Å². The van der Waals surface area contributed by atoms with Crippen LogP contribution in [0.4, 0.5) is 0 Å². The highest BCUT2D eigenvalue weighted by atomic mass is 32.1. The second kappa shape index (κ2) is 3.04. The van der Waals surface area contributed by atoms with Gasteiger partial charge < -0.3 is 10.0 Å². The molecule has 2 rings (SSSR count). The standard InChI is InChI=1S/C7H9N3O2S/c1-4-6(13-9-8-4)7(12)10-2-5(11)3-10/h5,11H,2-3H2,1H3. The monoisotopic (exact) mass is 199 g/mol. The number of nitrogens with zero attached hydrogens (tertiary/aromatic N) is 3. The Kier molecular flexibility index (Phi) is 2.01. The van der Waals surface area contributed by atoms with Crippen LogP contribution in [0.25, 0.3) is 0 Å². The Labute approximate surface area is 79.2 Å². The molecule has 1 aliphatic heterocycles. The Bertz CT molecular complexity index is 332. The van der Waals surface area contributed by atoms with Gasteiger partial charge in [-0.2, -0.15) is 0 Å². The summed E-state index contributed by atoms with van der Waals surface area (Å²) in [6.45, 7) is 2.61. The number of likely N-dealkylation sites (tertiary alicyclic amines) is 1. The molecule has 6 heteroatoms. The lowest BCUT2D eigenvalue weighted by atomic mass is 10.1. The van der Waals surface area contributed by atoms with Crippen molar-refractivity contribution in [1.82, 2.24) is 14.5 Å². The third-order valence-corrected chi connectivity index (χ3v) is 2.81. The predicted molar refractivity (Wildman–Crippen MR) is 46.6 cm³/mol. The molecule has 5 nitrogen and oxygen atoms in total. The van der Waals surface area contributed by atoms with Crippen LogP contribution < -0.4 is 0 Å². The number of rotatable bonds is 1. The molecule has 0 saturated carbocycles. The first-order valence-electron chi connectivity index (χ1n) is 3.95. The molecule has 1 amide bonds. The molecule has 0 aromatic carbocycles. The van der Waals surface area contributed by atoms with Crippen LogP contribution in [-0.2, 0) is 0 Å². The van der Waals surface area contributed by atoms with Crippen molar-refractivity contribution in [3.8, 4) is 0 Å². The van der Waals surface area contributed by atoms with Crippen molar-refractivity contribution in [1.29, 1.82) is 0 Å². The van der Waals surface area contributed by atoms with Gasteiger partial charge in [-0.05, 0) is 18.5 Å². The molecule has 2 heterocycles. The lowest BCUT2D eigenvalue weighted by molar-refractivity contribution is 0.00616. The fourth-order valence-corrected chi connectivity index (χ4v) is 1.82. The maximum absolute atomic E-state index is 11.6. The van der Waals surface area contributed by atoms with Gasteiger partial charge in [-0.1, -0.05) is 4.49 Å². The fraction of sp³-hybridized carbons (Fsp3) is 0.571. The smallest absolute Gasteiger partial charge is 0.267 e. The SMILES string of the molecule is Cc1nnsc1C(=O)N1CC(O)C1. The third-order valence-electron chi connectivity index (χ3n) is 2.00. The fourth-order valence-electron chi connectivity index (χ4n) is 1.19. The van der Waals surface area contributed by atoms with Crippen molar-refractivity contribution in [2.45, 2.75) is 13.0 Å². The van der Waals surface area contributed by atoms with Crippen LogP contribution in [0.3, 0.4) is 0 Å². The zero-order chi connectivity index (χ0) is 9.42. The molecule has 0 atom stereocenters. The summed E-state index contributed by atoms with van der Waals surface area (Å²) in [5, 5.41) is 12.8. The Hall–Kier alpha value is -1.01. The minimum atomic E-state index is -0.356. The molecule has 1 aliphatic rings. The molecule has 1 fully saturated rings. The largest absolute Gasteiger partial charge is 0.389 e. The number of aryl methyl sites for hydroxylation is 1. The quantitative estimate of drug-likeness (QED) is 0.672. The van der Waals surface area contributed by atoms with Crippen LogP contribution >= 0.6 is 11.5 Å². The van der Waals surface area contributed by atoms with Gasteiger partial charge in [-0.3, -0.25) is 4.79 Å². The van der Waals surface area contributed by atoms with Crippen molar-refractivity contribution in [3.05, 3.63) is 10.6 Å². The van der Waals surface area contributed by atoms with Gasteiger partial charge in [-0.15, -0.1) is 5.10 Å². The van der Waals surface area contributed by atoms with Gasteiger partial charge in [0.1, 0.15) is 4.88 Å². The molecule has 0 bridgehead atoms. The number of aliphatic hydroxyl groups is 1. The molecular formula is C7H9N3O2S. The number of hydrogen-bond donors (Lipinski definition) is 1. The van der Waals surface area contributed by atoms with Crippen LogP contribution in [0.2, 0.25) is 0 Å². The van der Waals surface area contributed by atoms with E-state index in [1.54, 1.807) is 11.8 Å². The van der Waals surface area contributed by atoms with Crippen LogP contribution in [0, 0.1) is 6.92 Å². The summed E-state index contributed by atoms with van der Waals surface area (Å²) in [7, 11) is 0. The molecule has 0 radical (unpaired) electrons. The highest BCUT2D eigenvalue weighted by Gasteiger charge is 2.31. The zero-order valence-electron chi connectivity index (χ0n) is 7.10. The molecule has 0 spiro atoms. The van der Waals surface area contributed by atoms with Crippen LogP contribution in [0.1, 0.15) is 15.4 Å². The molecule has 1 aromatic rings. The van der Waals surface area contributed by atoms with E-state index >= 15 is 0 Å². The predicted octanol–water partition coefficient (Wildman–Crippen LogP) is -0.337. The molecular weight excluding hydrogens is 190 g/mol. The van der Waals surface area contributed by atoms with E-state index in [2.05, 4.69) is 9.59 Å². The van der Waals surface area contributed by atoms with E-state index in [0.717, 1.165) is 11.5 Å². The maximum atomic E-state index is 11.6. The molecule has 0 unspecified atom stereocenters. The average molecular weight is 199 g/mol. The summed E-state index contributed by atoms with van der Waals surface area (Å²) < 4.78 is 3.68. The van der Waals surface area contributed by atoms with Gasteiger partial charge in [0.15, 0.2) is 0 Å². The van der Waals surface area contributed by atoms with Crippen LogP contribution in [-0.4, -0.2) is 44.7 Å². The van der Waals surface area contributed by atoms with Crippen molar-refractivity contribution >= 4 is 17.4 Å². The highest BCUT2D eigenvalue weighted by molar-refractivity contribution is 7.07. The Morgan fingerprint density at radius 2 is 2.38 bits per heavy atom. The normalized spacial score (nSPS) is 17.2. The van der Waals surface area contributed by atoms with Crippen molar-refractivity contribution < 1.29 is 9.90 Å². The van der Waals surface area contributed by atoms with Crippen LogP contribution in [0.15, 0.2) is 0 Å². The molecule has 1 aromatic heterocycles. The van der Waals surface area contributed by atoms with Crippen molar-refractivity contribution in [2.75, 3.05) is 13.1 Å². The minimum Gasteiger partial charge on any atom is -0.389 e. The topological polar surface area (TPSA) is 66.3 Å². The summed E-state index contributed by atoms with van der Waals surface area (Å²) in [5.74, 6) is -0.0715. The van der Waals surface area contributed by atoms with E-state index < -0.39 is 0 Å². The van der Waals surface area contributed by atoms with Gasteiger partial charge in [0.25, 0.3) is 5.91 Å².